The standard InChI is InChI=1S/C24H22BrNO5/c1-23(21(27)28)10-9-20(25)24(14-23,22(29)30)18-12-26-19-11-16(7-8-17(18)19)31-13-15-5-3-2-4-6-15/h2-12,20,26H,13-14H2,1H3,(H,27,28)(H,29,30). The highest BCUT2D eigenvalue weighted by atomic mass is 79.9. The van der Waals surface area contributed by atoms with E-state index in [1.54, 1.807) is 31.3 Å². The molecule has 0 saturated heterocycles. The Morgan fingerprint density at radius 1 is 1.16 bits per heavy atom. The molecule has 1 aliphatic carbocycles. The lowest BCUT2D eigenvalue weighted by molar-refractivity contribution is -0.150. The Bertz CT molecular complexity index is 1170. The molecule has 7 heteroatoms. The van der Waals surface area contributed by atoms with Crippen molar-refractivity contribution in [1.29, 1.82) is 0 Å². The zero-order chi connectivity index (χ0) is 22.2. The number of allylic oxidation sites excluding steroid dienone is 1. The maximum absolute atomic E-state index is 12.6. The molecule has 1 aromatic heterocycles. The van der Waals surface area contributed by atoms with Gasteiger partial charge in [-0.2, -0.15) is 0 Å². The highest BCUT2D eigenvalue weighted by Crippen LogP contribution is 2.49. The van der Waals surface area contributed by atoms with Gasteiger partial charge in [-0.3, -0.25) is 9.59 Å². The van der Waals surface area contributed by atoms with Crippen molar-refractivity contribution in [1.82, 2.24) is 4.98 Å². The van der Waals surface area contributed by atoms with E-state index in [0.717, 1.165) is 16.5 Å². The van der Waals surface area contributed by atoms with Crippen LogP contribution in [0.3, 0.4) is 0 Å². The van der Waals surface area contributed by atoms with E-state index in [1.807, 2.05) is 42.5 Å². The fourth-order valence-electron chi connectivity index (χ4n) is 4.20. The predicted octanol–water partition coefficient (Wildman–Crippen LogP) is 4.88. The zero-order valence-corrected chi connectivity index (χ0v) is 18.4. The number of carbonyl (C=O) groups is 2. The first-order valence-electron chi connectivity index (χ1n) is 9.85. The van der Waals surface area contributed by atoms with Crippen molar-refractivity contribution in [2.24, 2.45) is 5.41 Å². The summed E-state index contributed by atoms with van der Waals surface area (Å²) >= 11 is 3.49. The molecule has 160 valence electrons. The second-order valence-corrected chi connectivity index (χ2v) is 9.11. The number of carboxylic acids is 2. The van der Waals surface area contributed by atoms with Crippen LogP contribution in [0.25, 0.3) is 10.9 Å². The number of hydrogen-bond acceptors (Lipinski definition) is 3. The number of benzene rings is 2. The van der Waals surface area contributed by atoms with E-state index < -0.39 is 27.6 Å². The van der Waals surface area contributed by atoms with Crippen molar-refractivity contribution in [2.75, 3.05) is 0 Å². The molecule has 4 rings (SSSR count). The van der Waals surface area contributed by atoms with Crippen LogP contribution in [-0.2, 0) is 21.6 Å². The first kappa shape index (κ1) is 21.2. The third-order valence-corrected chi connectivity index (χ3v) is 7.09. The lowest BCUT2D eigenvalue weighted by Gasteiger charge is -2.41. The van der Waals surface area contributed by atoms with Crippen molar-refractivity contribution in [3.05, 3.63) is 78.0 Å². The summed E-state index contributed by atoms with van der Waals surface area (Å²) in [4.78, 5) is 27.0. The summed E-state index contributed by atoms with van der Waals surface area (Å²) in [5.74, 6) is -1.47. The minimum Gasteiger partial charge on any atom is -0.489 e. The average Bonchev–Trinajstić information content (AvgIpc) is 3.18. The zero-order valence-electron chi connectivity index (χ0n) is 16.8. The van der Waals surface area contributed by atoms with Crippen LogP contribution in [0.15, 0.2) is 66.9 Å². The highest BCUT2D eigenvalue weighted by molar-refractivity contribution is 9.09. The first-order valence-corrected chi connectivity index (χ1v) is 10.8. The molecular formula is C24H22BrNO5. The highest BCUT2D eigenvalue weighted by Gasteiger charge is 2.55. The molecule has 3 N–H and O–H groups in total. The molecule has 0 amide bonds. The number of aromatic nitrogens is 1. The molecule has 6 nitrogen and oxygen atoms in total. The predicted molar refractivity (Wildman–Crippen MR) is 121 cm³/mol. The molecular weight excluding hydrogens is 462 g/mol. The summed E-state index contributed by atoms with van der Waals surface area (Å²) in [5.41, 5.74) is -0.406. The van der Waals surface area contributed by atoms with Crippen molar-refractivity contribution < 1.29 is 24.5 Å². The number of hydrogen-bond donors (Lipinski definition) is 3. The van der Waals surface area contributed by atoms with E-state index in [1.165, 1.54) is 0 Å². The van der Waals surface area contributed by atoms with Crippen LogP contribution in [0, 0.1) is 5.41 Å². The van der Waals surface area contributed by atoms with Crippen LogP contribution in [0.2, 0.25) is 0 Å². The second-order valence-electron chi connectivity index (χ2n) is 8.12. The van der Waals surface area contributed by atoms with Gasteiger partial charge in [0.2, 0.25) is 0 Å². The molecule has 0 bridgehead atoms. The van der Waals surface area contributed by atoms with E-state index in [4.69, 9.17) is 4.74 Å². The quantitative estimate of drug-likeness (QED) is 0.342. The van der Waals surface area contributed by atoms with Crippen LogP contribution >= 0.6 is 15.9 Å². The van der Waals surface area contributed by atoms with Crippen LogP contribution in [0.5, 0.6) is 5.75 Å². The fraction of sp³-hybridized carbons (Fsp3) is 0.250. The number of ether oxygens (including phenoxy) is 1. The number of rotatable bonds is 6. The molecule has 0 spiro atoms. The Kier molecular flexibility index (Phi) is 5.39. The Labute approximate surface area is 187 Å². The lowest BCUT2D eigenvalue weighted by atomic mass is 9.63. The minimum absolute atomic E-state index is 0.0731. The summed E-state index contributed by atoms with van der Waals surface area (Å²) in [6.45, 7) is 1.97. The van der Waals surface area contributed by atoms with Gasteiger partial charge in [0.15, 0.2) is 0 Å². The number of fused-ring (bicyclic) bond motifs is 1. The number of halogens is 1. The summed E-state index contributed by atoms with van der Waals surface area (Å²) in [5, 5.41) is 20.7. The fourth-order valence-corrected chi connectivity index (χ4v) is 4.96. The first-order chi connectivity index (χ1) is 14.8. The van der Waals surface area contributed by atoms with Gasteiger partial charge in [0, 0.05) is 23.2 Å². The molecule has 2 aromatic carbocycles. The smallest absolute Gasteiger partial charge is 0.315 e. The monoisotopic (exact) mass is 483 g/mol. The number of nitrogens with one attached hydrogen (secondary N) is 1. The molecule has 0 saturated carbocycles. The van der Waals surface area contributed by atoms with E-state index in [0.29, 0.717) is 17.9 Å². The number of aromatic amines is 1. The Morgan fingerprint density at radius 3 is 2.58 bits per heavy atom. The van der Waals surface area contributed by atoms with E-state index >= 15 is 0 Å². The third-order valence-electron chi connectivity index (χ3n) is 6.00. The van der Waals surface area contributed by atoms with Crippen LogP contribution < -0.4 is 4.74 Å². The lowest BCUT2D eigenvalue weighted by Crippen LogP contribution is -2.50. The molecule has 3 atom stereocenters. The number of H-pyrrole nitrogens is 1. The molecule has 3 aromatic rings. The average molecular weight is 484 g/mol. The topological polar surface area (TPSA) is 99.6 Å². The summed E-state index contributed by atoms with van der Waals surface area (Å²) in [6, 6.07) is 15.3. The van der Waals surface area contributed by atoms with Gasteiger partial charge >= 0.3 is 11.9 Å². The van der Waals surface area contributed by atoms with E-state index in [-0.39, 0.29) is 6.42 Å². The summed E-state index contributed by atoms with van der Waals surface area (Å²) in [6.07, 6.45) is 4.79. The SMILES string of the molecule is CC1(C(=O)O)C=CC(Br)C(C(=O)O)(c2c[nH]c3cc(OCc4ccccc4)ccc23)C1. The number of alkyl halides is 1. The van der Waals surface area contributed by atoms with E-state index in [2.05, 4.69) is 20.9 Å². The Hall–Kier alpha value is -3.06. The number of carboxylic acid groups (broad SMARTS) is 2. The molecule has 3 unspecified atom stereocenters. The van der Waals surface area contributed by atoms with Gasteiger partial charge in [-0.25, -0.2) is 0 Å². The largest absolute Gasteiger partial charge is 0.489 e. The molecule has 0 radical (unpaired) electrons. The van der Waals surface area contributed by atoms with Crippen molar-refractivity contribution >= 4 is 38.8 Å². The molecule has 0 aliphatic heterocycles. The van der Waals surface area contributed by atoms with Gasteiger partial charge < -0.3 is 19.9 Å². The van der Waals surface area contributed by atoms with E-state index in [9.17, 15) is 19.8 Å². The van der Waals surface area contributed by atoms with Crippen molar-refractivity contribution in [2.45, 2.75) is 30.2 Å². The molecule has 1 heterocycles. The van der Waals surface area contributed by atoms with Crippen molar-refractivity contribution in [3.63, 3.8) is 0 Å². The Balaban J connectivity index is 1.71. The Morgan fingerprint density at radius 2 is 1.90 bits per heavy atom. The maximum atomic E-state index is 12.6. The van der Waals surface area contributed by atoms with Crippen LogP contribution in [-0.4, -0.2) is 32.0 Å². The summed E-state index contributed by atoms with van der Waals surface area (Å²) in [7, 11) is 0. The van der Waals surface area contributed by atoms with Gasteiger partial charge in [0.25, 0.3) is 0 Å². The molecule has 31 heavy (non-hydrogen) atoms. The van der Waals surface area contributed by atoms with Gasteiger partial charge in [0.05, 0.1) is 10.2 Å². The summed E-state index contributed by atoms with van der Waals surface area (Å²) < 4.78 is 5.88. The van der Waals surface area contributed by atoms with Crippen LogP contribution in [0.1, 0.15) is 24.5 Å². The van der Waals surface area contributed by atoms with Gasteiger partial charge in [-0.1, -0.05) is 58.4 Å². The van der Waals surface area contributed by atoms with Gasteiger partial charge in [-0.15, -0.1) is 0 Å². The van der Waals surface area contributed by atoms with Gasteiger partial charge in [-0.05, 0) is 36.6 Å². The van der Waals surface area contributed by atoms with Gasteiger partial charge in [0.1, 0.15) is 17.8 Å². The number of aliphatic carboxylic acids is 2. The molecule has 0 fully saturated rings. The normalized spacial score (nSPS) is 25.4. The maximum Gasteiger partial charge on any atom is 0.315 e. The van der Waals surface area contributed by atoms with Crippen LogP contribution in [0.4, 0.5) is 0 Å². The van der Waals surface area contributed by atoms with Crippen molar-refractivity contribution in [3.8, 4) is 5.75 Å². The minimum atomic E-state index is -1.44. The molecule has 1 aliphatic rings. The third kappa shape index (κ3) is 3.63. The second kappa shape index (κ2) is 7.89.